The van der Waals surface area contributed by atoms with E-state index in [-0.39, 0.29) is 51.1 Å². The van der Waals surface area contributed by atoms with Crippen LogP contribution in [-0.4, -0.2) is 97.3 Å². The highest BCUT2D eigenvalue weighted by Crippen LogP contribution is 2.22. The Kier molecular flexibility index (Phi) is 13.5. The lowest BCUT2D eigenvalue weighted by atomic mass is 9.88. The zero-order chi connectivity index (χ0) is 34.7. The fourth-order valence-electron chi connectivity index (χ4n) is 6.11. The molecule has 1 aliphatic heterocycles. The number of aliphatic hydroxyl groups is 1. The second-order valence-corrected chi connectivity index (χ2v) is 13.2. The highest BCUT2D eigenvalue weighted by atomic mass is 19.1. The Morgan fingerprint density at radius 3 is 2.35 bits per heavy atom. The van der Waals surface area contributed by atoms with Gasteiger partial charge in [0.05, 0.1) is 13.2 Å². The molecular formula is C38H51FN4O5. The fourth-order valence-corrected chi connectivity index (χ4v) is 6.11. The number of rotatable bonds is 17. The van der Waals surface area contributed by atoms with Gasteiger partial charge in [0.15, 0.2) is 0 Å². The number of halogens is 1. The summed E-state index contributed by atoms with van der Waals surface area (Å²) in [6.07, 6.45) is 3.08. The van der Waals surface area contributed by atoms with Crippen molar-refractivity contribution in [1.82, 2.24) is 20.4 Å². The number of fused-ring (bicyclic) bond motifs is 1. The molecule has 3 aromatic rings. The largest absolute Gasteiger partial charge is 0.396 e. The van der Waals surface area contributed by atoms with Crippen molar-refractivity contribution in [1.29, 1.82) is 0 Å². The van der Waals surface area contributed by atoms with E-state index in [1.54, 1.807) is 24.1 Å². The predicted molar refractivity (Wildman–Crippen MR) is 186 cm³/mol. The number of benzene rings is 3. The summed E-state index contributed by atoms with van der Waals surface area (Å²) in [5, 5.41) is 18.3. The third kappa shape index (κ3) is 9.84. The molecule has 9 nitrogen and oxygen atoms in total. The van der Waals surface area contributed by atoms with Crippen LogP contribution >= 0.6 is 0 Å². The van der Waals surface area contributed by atoms with Gasteiger partial charge in [-0.2, -0.15) is 0 Å². The number of carbonyl (C=O) groups excluding carboxylic acids is 3. The van der Waals surface area contributed by atoms with Crippen molar-refractivity contribution in [3.05, 3.63) is 83.7 Å². The summed E-state index contributed by atoms with van der Waals surface area (Å²) in [5.41, 5.74) is 1.03. The average Bonchev–Trinajstić information content (AvgIpc) is 3.63. The van der Waals surface area contributed by atoms with Crippen LogP contribution in [0.5, 0.6) is 0 Å². The average molecular weight is 663 g/mol. The maximum Gasteiger partial charge on any atom is 0.249 e. The van der Waals surface area contributed by atoms with Crippen LogP contribution < -0.4 is 10.6 Å². The van der Waals surface area contributed by atoms with Gasteiger partial charge in [-0.1, -0.05) is 68.4 Å². The van der Waals surface area contributed by atoms with Crippen molar-refractivity contribution in [2.75, 3.05) is 46.5 Å². The Bertz CT molecular complexity index is 1510. The third-order valence-corrected chi connectivity index (χ3v) is 9.66. The molecular weight excluding hydrogens is 611 g/mol. The van der Waals surface area contributed by atoms with E-state index in [0.717, 1.165) is 35.7 Å². The molecule has 0 saturated carbocycles. The number of nitrogens with one attached hydrogen (secondary N) is 2. The van der Waals surface area contributed by atoms with Crippen LogP contribution in [-0.2, 0) is 32.0 Å². The lowest BCUT2D eigenvalue weighted by Gasteiger charge is -2.36. The molecule has 3 amide bonds. The molecule has 10 heteroatoms. The van der Waals surface area contributed by atoms with E-state index in [1.165, 1.54) is 17.0 Å². The van der Waals surface area contributed by atoms with Gasteiger partial charge in [0.2, 0.25) is 17.7 Å². The summed E-state index contributed by atoms with van der Waals surface area (Å²) < 4.78 is 19.6. The number of nitrogens with zero attached hydrogens (tertiary/aromatic N) is 2. The third-order valence-electron chi connectivity index (χ3n) is 9.66. The zero-order valence-corrected chi connectivity index (χ0v) is 28.7. The zero-order valence-electron chi connectivity index (χ0n) is 28.7. The summed E-state index contributed by atoms with van der Waals surface area (Å²) in [4.78, 5) is 45.1. The fraction of sp³-hybridized carbons (Fsp3) is 0.500. The molecule has 0 radical (unpaired) electrons. The first-order chi connectivity index (χ1) is 23.1. The number of ether oxygens (including phenoxy) is 1. The molecule has 3 aromatic carbocycles. The van der Waals surface area contributed by atoms with E-state index >= 15 is 0 Å². The number of aliphatic hydroxyl groups excluding tert-OH is 1. The smallest absolute Gasteiger partial charge is 0.249 e. The Balaban J connectivity index is 1.63. The van der Waals surface area contributed by atoms with Crippen molar-refractivity contribution >= 4 is 28.5 Å². The van der Waals surface area contributed by atoms with E-state index in [9.17, 15) is 23.9 Å². The number of hydrogen-bond donors (Lipinski definition) is 3. The molecule has 1 fully saturated rings. The molecule has 0 aliphatic carbocycles. The molecule has 3 N–H and O–H groups in total. The molecule has 260 valence electrons. The SMILES string of the molecule is CCN(C(=O)COC[C@@H]1CCCN1)[C@H](Cc1ccc2ccccc2c1)C(=O)N(C)[C@H](Cc1ccc(F)cc1)C(=O)NCC(C)(CC)CO. The highest BCUT2D eigenvalue weighted by Gasteiger charge is 2.37. The minimum Gasteiger partial charge on any atom is -0.396 e. The van der Waals surface area contributed by atoms with Crippen molar-refractivity contribution in [3.63, 3.8) is 0 Å². The van der Waals surface area contributed by atoms with E-state index in [1.807, 2.05) is 63.2 Å². The predicted octanol–water partition coefficient (Wildman–Crippen LogP) is 4.10. The standard InChI is InChI=1S/C38H51FN4O5/c1-5-38(3,26-44)25-41-36(46)33(21-27-14-17-31(39)18-15-27)42(4)37(47)34(22-28-13-16-29-10-7-8-11-30(29)20-28)43(6-2)35(45)24-48-23-32-12-9-19-40-32/h7-8,10-11,13-18,20,32-34,40,44H,5-6,9,12,19,21-26H2,1-4H3,(H,41,46)/t32-,33+,34+,38?/m0/s1. The molecule has 0 spiro atoms. The van der Waals surface area contributed by atoms with Gasteiger partial charge >= 0.3 is 0 Å². The summed E-state index contributed by atoms with van der Waals surface area (Å²) in [5.74, 6) is -1.48. The Labute approximate surface area is 283 Å². The van der Waals surface area contributed by atoms with Gasteiger partial charge < -0.3 is 30.3 Å². The summed E-state index contributed by atoms with van der Waals surface area (Å²) in [6, 6.07) is 18.1. The molecule has 4 rings (SSSR count). The van der Waals surface area contributed by atoms with E-state index < -0.39 is 35.1 Å². The molecule has 48 heavy (non-hydrogen) atoms. The summed E-state index contributed by atoms with van der Waals surface area (Å²) in [7, 11) is 1.58. The van der Waals surface area contributed by atoms with Crippen molar-refractivity contribution in [3.8, 4) is 0 Å². The molecule has 1 unspecified atom stereocenters. The first-order valence-corrected chi connectivity index (χ1v) is 17.1. The van der Waals surface area contributed by atoms with Crippen LogP contribution in [0.25, 0.3) is 10.8 Å². The molecule has 1 saturated heterocycles. The van der Waals surface area contributed by atoms with Crippen LogP contribution in [0.15, 0.2) is 66.7 Å². The number of carbonyl (C=O) groups is 3. The molecule has 1 heterocycles. The molecule has 1 aliphatic rings. The monoisotopic (exact) mass is 662 g/mol. The molecule has 4 atom stereocenters. The number of likely N-dealkylation sites (N-methyl/N-ethyl adjacent to an activating group) is 2. The van der Waals surface area contributed by atoms with Crippen LogP contribution in [0.2, 0.25) is 0 Å². The Morgan fingerprint density at radius 2 is 1.71 bits per heavy atom. The van der Waals surface area contributed by atoms with E-state index in [4.69, 9.17) is 4.74 Å². The lowest BCUT2D eigenvalue weighted by Crippen LogP contribution is -2.57. The van der Waals surface area contributed by atoms with Gasteiger partial charge in [0, 0.05) is 44.4 Å². The first-order valence-electron chi connectivity index (χ1n) is 17.1. The van der Waals surface area contributed by atoms with Gasteiger partial charge in [0.25, 0.3) is 0 Å². The van der Waals surface area contributed by atoms with Crippen molar-refractivity contribution in [2.45, 2.75) is 71.0 Å². The highest BCUT2D eigenvalue weighted by molar-refractivity contribution is 5.93. The van der Waals surface area contributed by atoms with Crippen LogP contribution in [0, 0.1) is 11.2 Å². The van der Waals surface area contributed by atoms with E-state index in [2.05, 4.69) is 10.6 Å². The van der Waals surface area contributed by atoms with Gasteiger partial charge in [-0.15, -0.1) is 0 Å². The van der Waals surface area contributed by atoms with Crippen molar-refractivity contribution < 1.29 is 28.6 Å². The van der Waals surface area contributed by atoms with Gasteiger partial charge in [-0.05, 0) is 66.8 Å². The van der Waals surface area contributed by atoms with Crippen LogP contribution in [0.3, 0.4) is 0 Å². The molecule has 0 bridgehead atoms. The lowest BCUT2D eigenvalue weighted by molar-refractivity contribution is -0.150. The normalized spacial score (nSPS) is 17.0. The van der Waals surface area contributed by atoms with Crippen molar-refractivity contribution in [2.24, 2.45) is 5.41 Å². The molecule has 0 aromatic heterocycles. The maximum absolute atomic E-state index is 14.6. The number of hydrogen-bond acceptors (Lipinski definition) is 6. The minimum absolute atomic E-state index is 0.110. The van der Waals surface area contributed by atoms with Gasteiger partial charge in [-0.25, -0.2) is 4.39 Å². The quantitative estimate of drug-likeness (QED) is 0.201. The summed E-state index contributed by atoms with van der Waals surface area (Å²) >= 11 is 0. The van der Waals surface area contributed by atoms with Gasteiger partial charge in [-0.3, -0.25) is 14.4 Å². The minimum atomic E-state index is -0.958. The maximum atomic E-state index is 14.6. The second-order valence-electron chi connectivity index (χ2n) is 13.2. The first kappa shape index (κ1) is 37.0. The van der Waals surface area contributed by atoms with E-state index in [0.29, 0.717) is 18.6 Å². The Morgan fingerprint density at radius 1 is 1.02 bits per heavy atom. The topological polar surface area (TPSA) is 111 Å². The van der Waals surface area contributed by atoms with Gasteiger partial charge in [0.1, 0.15) is 24.5 Å². The van der Waals surface area contributed by atoms with Crippen LogP contribution in [0.1, 0.15) is 51.2 Å². The number of amides is 3. The summed E-state index contributed by atoms with van der Waals surface area (Å²) in [6.45, 7) is 7.21. The van der Waals surface area contributed by atoms with Crippen LogP contribution in [0.4, 0.5) is 4.39 Å². The second kappa shape index (κ2) is 17.5. The Hall–Kier alpha value is -3.86.